The number of phenolic OH excluding ortho intramolecular Hbond substituents is 1. The molecule has 0 aliphatic carbocycles. The van der Waals surface area contributed by atoms with Gasteiger partial charge in [-0.2, -0.15) is 0 Å². The second-order valence-corrected chi connectivity index (χ2v) is 8.38. The number of benzene rings is 3. The Kier molecular flexibility index (Phi) is 4.58. The first-order chi connectivity index (χ1) is 14.3. The van der Waals surface area contributed by atoms with E-state index >= 15 is 0 Å². The summed E-state index contributed by atoms with van der Waals surface area (Å²) in [5.41, 5.74) is -0.227. The molecule has 0 unspecified atom stereocenters. The van der Waals surface area contributed by atoms with Crippen molar-refractivity contribution in [1.29, 1.82) is 0 Å². The van der Waals surface area contributed by atoms with Gasteiger partial charge in [0.25, 0.3) is 0 Å². The molecular formula is C22H16O7S. The number of ether oxygens (including phenoxy) is 2. The summed E-state index contributed by atoms with van der Waals surface area (Å²) in [6, 6.07) is 14.4. The molecular weight excluding hydrogens is 408 g/mol. The molecule has 0 saturated carbocycles. The van der Waals surface area contributed by atoms with Crippen LogP contribution in [0.25, 0.3) is 22.3 Å². The van der Waals surface area contributed by atoms with Crippen molar-refractivity contribution >= 4 is 21.8 Å². The quantitative estimate of drug-likeness (QED) is 0.502. The summed E-state index contributed by atoms with van der Waals surface area (Å²) in [6.07, 6.45) is 0. The van der Waals surface area contributed by atoms with Gasteiger partial charge in [-0.1, -0.05) is 48.5 Å². The maximum Gasteiger partial charge on any atom is 0.342 e. The van der Waals surface area contributed by atoms with E-state index in [1.807, 2.05) is 0 Å². The third-order valence-electron chi connectivity index (χ3n) is 4.98. The van der Waals surface area contributed by atoms with Gasteiger partial charge in [-0.05, 0) is 11.6 Å². The van der Waals surface area contributed by atoms with Gasteiger partial charge in [0.15, 0.2) is 0 Å². The number of carbonyl (C=O) groups excluding carboxylic acids is 2. The molecule has 0 radical (unpaired) electrons. The molecule has 4 rings (SSSR count). The summed E-state index contributed by atoms with van der Waals surface area (Å²) < 4.78 is 36.6. The highest BCUT2D eigenvalue weighted by Gasteiger charge is 2.43. The number of aromatic hydroxyl groups is 1. The Labute approximate surface area is 172 Å². The van der Waals surface area contributed by atoms with Crippen molar-refractivity contribution in [3.05, 3.63) is 65.7 Å². The molecule has 0 fully saturated rings. The molecule has 1 heterocycles. The van der Waals surface area contributed by atoms with Crippen LogP contribution in [0.3, 0.4) is 0 Å². The maximum absolute atomic E-state index is 13.5. The van der Waals surface area contributed by atoms with Crippen molar-refractivity contribution in [2.75, 3.05) is 14.2 Å². The van der Waals surface area contributed by atoms with Crippen molar-refractivity contribution < 1.29 is 32.6 Å². The van der Waals surface area contributed by atoms with Gasteiger partial charge in [0.2, 0.25) is 9.84 Å². The van der Waals surface area contributed by atoms with Gasteiger partial charge in [0.1, 0.15) is 16.9 Å². The van der Waals surface area contributed by atoms with E-state index in [0.29, 0.717) is 5.56 Å². The highest BCUT2D eigenvalue weighted by molar-refractivity contribution is 7.92. The molecule has 0 aromatic heterocycles. The summed E-state index contributed by atoms with van der Waals surface area (Å²) >= 11 is 0. The zero-order valence-corrected chi connectivity index (χ0v) is 16.8. The van der Waals surface area contributed by atoms with E-state index < -0.39 is 38.7 Å². The third kappa shape index (κ3) is 2.61. The molecule has 0 bridgehead atoms. The molecule has 1 aliphatic rings. The van der Waals surface area contributed by atoms with Crippen LogP contribution in [0.2, 0.25) is 0 Å². The number of hydrogen-bond acceptors (Lipinski definition) is 7. The van der Waals surface area contributed by atoms with Gasteiger partial charge >= 0.3 is 11.9 Å². The maximum atomic E-state index is 13.5. The highest BCUT2D eigenvalue weighted by atomic mass is 32.2. The van der Waals surface area contributed by atoms with Gasteiger partial charge < -0.3 is 14.6 Å². The van der Waals surface area contributed by atoms with Crippen LogP contribution in [0, 0.1) is 0 Å². The Morgan fingerprint density at radius 3 is 1.93 bits per heavy atom. The van der Waals surface area contributed by atoms with Gasteiger partial charge in [-0.15, -0.1) is 0 Å². The van der Waals surface area contributed by atoms with Crippen LogP contribution >= 0.6 is 0 Å². The first-order valence-electron chi connectivity index (χ1n) is 8.84. The van der Waals surface area contributed by atoms with Crippen LogP contribution in [0.15, 0.2) is 64.4 Å². The zero-order valence-electron chi connectivity index (χ0n) is 16.0. The molecule has 3 aromatic rings. The molecule has 30 heavy (non-hydrogen) atoms. The highest BCUT2D eigenvalue weighted by Crippen LogP contribution is 2.53. The number of hydrogen-bond donors (Lipinski definition) is 1. The molecule has 7 nitrogen and oxygen atoms in total. The largest absolute Gasteiger partial charge is 0.506 e. The lowest BCUT2D eigenvalue weighted by molar-refractivity contribution is 0.0593. The van der Waals surface area contributed by atoms with Crippen LogP contribution in [0.5, 0.6) is 5.75 Å². The molecule has 0 amide bonds. The van der Waals surface area contributed by atoms with Gasteiger partial charge in [-0.3, -0.25) is 0 Å². The fraction of sp³-hybridized carbons (Fsp3) is 0.0909. The van der Waals surface area contributed by atoms with Crippen LogP contribution in [0.1, 0.15) is 20.7 Å². The normalized spacial score (nSPS) is 13.3. The first-order valence-corrected chi connectivity index (χ1v) is 10.3. The molecule has 0 saturated heterocycles. The lowest BCUT2D eigenvalue weighted by Gasteiger charge is -2.18. The Bertz CT molecular complexity index is 1310. The Morgan fingerprint density at radius 1 is 0.800 bits per heavy atom. The van der Waals surface area contributed by atoms with Crippen molar-refractivity contribution in [3.63, 3.8) is 0 Å². The smallest absolute Gasteiger partial charge is 0.342 e. The van der Waals surface area contributed by atoms with Gasteiger partial charge in [0.05, 0.1) is 24.0 Å². The first kappa shape index (κ1) is 19.7. The lowest BCUT2D eigenvalue weighted by Crippen LogP contribution is -2.13. The Morgan fingerprint density at radius 2 is 1.33 bits per heavy atom. The minimum Gasteiger partial charge on any atom is -0.506 e. The van der Waals surface area contributed by atoms with Crippen LogP contribution in [-0.4, -0.2) is 39.7 Å². The second kappa shape index (κ2) is 7.00. The fourth-order valence-corrected chi connectivity index (χ4v) is 5.65. The second-order valence-electron chi connectivity index (χ2n) is 6.53. The monoisotopic (exact) mass is 424 g/mol. The number of phenols is 1. The molecule has 1 aliphatic heterocycles. The average molecular weight is 424 g/mol. The zero-order chi connectivity index (χ0) is 21.6. The third-order valence-corrected chi connectivity index (χ3v) is 6.86. The van der Waals surface area contributed by atoms with E-state index in [-0.39, 0.29) is 26.5 Å². The summed E-state index contributed by atoms with van der Waals surface area (Å²) in [6.45, 7) is 0. The number of esters is 2. The summed E-state index contributed by atoms with van der Waals surface area (Å²) in [7, 11) is -1.91. The van der Waals surface area contributed by atoms with Crippen LogP contribution < -0.4 is 0 Å². The fourth-order valence-electron chi connectivity index (χ4n) is 3.74. The van der Waals surface area contributed by atoms with E-state index in [0.717, 1.165) is 14.2 Å². The minimum atomic E-state index is -4.12. The van der Waals surface area contributed by atoms with Crippen molar-refractivity contribution in [3.8, 4) is 28.0 Å². The minimum absolute atomic E-state index is 0.00135. The predicted molar refractivity (Wildman–Crippen MR) is 107 cm³/mol. The number of methoxy groups -OCH3 is 2. The predicted octanol–water partition coefficient (Wildman–Crippen LogP) is 3.45. The Balaban J connectivity index is 2.31. The number of rotatable bonds is 3. The van der Waals surface area contributed by atoms with Gasteiger partial charge in [0, 0.05) is 16.7 Å². The van der Waals surface area contributed by atoms with Crippen molar-refractivity contribution in [2.24, 2.45) is 0 Å². The molecule has 0 atom stereocenters. The van der Waals surface area contributed by atoms with E-state index in [1.54, 1.807) is 42.5 Å². The van der Waals surface area contributed by atoms with Crippen LogP contribution in [0.4, 0.5) is 0 Å². The summed E-state index contributed by atoms with van der Waals surface area (Å²) in [5, 5.41) is 11.0. The summed E-state index contributed by atoms with van der Waals surface area (Å²) in [4.78, 5) is 25.0. The van der Waals surface area contributed by atoms with Crippen LogP contribution in [-0.2, 0) is 19.3 Å². The van der Waals surface area contributed by atoms with Crippen molar-refractivity contribution in [2.45, 2.75) is 9.79 Å². The summed E-state index contributed by atoms with van der Waals surface area (Å²) in [5.74, 6) is -2.65. The van der Waals surface area contributed by atoms with E-state index in [4.69, 9.17) is 9.47 Å². The van der Waals surface area contributed by atoms with E-state index in [2.05, 4.69) is 0 Å². The topological polar surface area (TPSA) is 107 Å². The number of sulfone groups is 1. The molecule has 1 N–H and O–H groups in total. The van der Waals surface area contributed by atoms with E-state index in [9.17, 15) is 23.1 Å². The number of carbonyl (C=O) groups is 2. The average Bonchev–Trinajstić information content (AvgIpc) is 3.00. The molecule has 3 aromatic carbocycles. The molecule has 152 valence electrons. The Hall–Kier alpha value is -3.65. The lowest BCUT2D eigenvalue weighted by atomic mass is 9.89. The molecule has 0 spiro atoms. The van der Waals surface area contributed by atoms with Gasteiger partial charge in [-0.25, -0.2) is 18.0 Å². The van der Waals surface area contributed by atoms with E-state index in [1.165, 1.54) is 12.1 Å². The number of fused-ring (bicyclic) bond motifs is 3. The van der Waals surface area contributed by atoms with Crippen molar-refractivity contribution in [1.82, 2.24) is 0 Å². The molecule has 8 heteroatoms. The standard InChI is InChI=1S/C22H16O7S/c1-28-21(24)17-15(12-8-4-3-5-9-12)20-16(18(19(17)23)22(25)29-2)13-10-6-7-11-14(13)30(20,26)27/h3-11,23H,1-2H3. The SMILES string of the molecule is COC(=O)c1c(O)c(C(=O)OC)c2c(c1-c1ccccc1)S(=O)(=O)c1ccccc1-2.